The van der Waals surface area contributed by atoms with E-state index in [4.69, 9.17) is 28.4 Å². The van der Waals surface area contributed by atoms with Gasteiger partial charge in [0.1, 0.15) is 5.76 Å². The lowest BCUT2D eigenvalue weighted by molar-refractivity contribution is -0.188. The summed E-state index contributed by atoms with van der Waals surface area (Å²) in [5, 5.41) is 0. The molecule has 0 N–H and O–H groups in total. The number of fused-ring (bicyclic) bond motifs is 3. The van der Waals surface area contributed by atoms with Gasteiger partial charge < -0.3 is 28.4 Å². The second-order valence-corrected chi connectivity index (χ2v) is 11.4. The molecule has 2 saturated heterocycles. The van der Waals surface area contributed by atoms with E-state index in [2.05, 4.69) is 23.1 Å². The summed E-state index contributed by atoms with van der Waals surface area (Å²) >= 11 is 0. The van der Waals surface area contributed by atoms with Crippen LogP contribution in [-0.4, -0.2) is 73.8 Å². The lowest BCUT2D eigenvalue weighted by atomic mass is 9.77. The molecule has 4 atom stereocenters. The Morgan fingerprint density at radius 2 is 1.86 bits per heavy atom. The van der Waals surface area contributed by atoms with Crippen LogP contribution in [0.15, 0.2) is 24.0 Å². The number of methoxy groups -OCH3 is 2. The summed E-state index contributed by atoms with van der Waals surface area (Å²) in [6.07, 6.45) is 5.16. The summed E-state index contributed by atoms with van der Waals surface area (Å²) in [6, 6.07) is 4.12. The van der Waals surface area contributed by atoms with Crippen LogP contribution in [0.2, 0.25) is 0 Å². The number of ether oxygens (including phenoxy) is 6. The zero-order valence-electron chi connectivity index (χ0n) is 22.0. The number of hydrogen-bond acceptors (Lipinski definition) is 9. The van der Waals surface area contributed by atoms with E-state index in [-0.39, 0.29) is 24.7 Å². The lowest BCUT2D eigenvalue weighted by Crippen LogP contribution is -2.49. The topological polar surface area (TPSA) is 92.8 Å². The lowest BCUT2D eigenvalue weighted by Gasteiger charge is -2.40. The first-order chi connectivity index (χ1) is 17.7. The molecule has 5 aliphatic rings. The average molecular weight is 514 g/mol. The maximum absolute atomic E-state index is 14.0. The Bertz CT molecular complexity index is 1160. The van der Waals surface area contributed by atoms with Crippen LogP contribution in [0.3, 0.4) is 0 Å². The van der Waals surface area contributed by atoms with E-state index in [0.717, 1.165) is 49.2 Å². The van der Waals surface area contributed by atoms with Gasteiger partial charge in [0.15, 0.2) is 23.2 Å². The Morgan fingerprint density at radius 3 is 2.57 bits per heavy atom. The molecule has 9 nitrogen and oxygen atoms in total. The maximum Gasteiger partial charge on any atom is 0.339 e. The highest BCUT2D eigenvalue weighted by molar-refractivity contribution is 5.86. The predicted octanol–water partition coefficient (Wildman–Crippen LogP) is 3.24. The molecule has 0 unspecified atom stereocenters. The summed E-state index contributed by atoms with van der Waals surface area (Å²) in [6.45, 7) is 5.90. The fourth-order valence-corrected chi connectivity index (χ4v) is 7.10. The van der Waals surface area contributed by atoms with Crippen molar-refractivity contribution in [3.05, 3.63) is 35.1 Å². The Hall–Kier alpha value is -2.78. The fraction of sp³-hybridized carbons (Fsp3) is 0.643. The van der Waals surface area contributed by atoms with Crippen molar-refractivity contribution < 1.29 is 38.0 Å². The van der Waals surface area contributed by atoms with Gasteiger partial charge in [-0.25, -0.2) is 4.79 Å². The minimum atomic E-state index is -1.40. The van der Waals surface area contributed by atoms with Gasteiger partial charge in [0, 0.05) is 6.54 Å². The van der Waals surface area contributed by atoms with Gasteiger partial charge in [-0.2, -0.15) is 0 Å². The van der Waals surface area contributed by atoms with Gasteiger partial charge in [-0.1, -0.05) is 0 Å². The molecule has 0 radical (unpaired) electrons. The van der Waals surface area contributed by atoms with Crippen LogP contribution >= 0.6 is 0 Å². The number of rotatable bonds is 5. The molecule has 0 saturated carbocycles. The zero-order chi connectivity index (χ0) is 26.0. The molecule has 1 aliphatic carbocycles. The van der Waals surface area contributed by atoms with Gasteiger partial charge in [-0.15, -0.1) is 0 Å². The molecular formula is C28H35NO8. The first-order valence-corrected chi connectivity index (χ1v) is 13.1. The van der Waals surface area contributed by atoms with Crippen molar-refractivity contribution in [3.63, 3.8) is 0 Å². The van der Waals surface area contributed by atoms with Crippen LogP contribution in [0.4, 0.5) is 0 Å². The monoisotopic (exact) mass is 513 g/mol. The van der Waals surface area contributed by atoms with Gasteiger partial charge >= 0.3 is 11.9 Å². The molecule has 4 aliphatic heterocycles. The Morgan fingerprint density at radius 1 is 1.08 bits per heavy atom. The van der Waals surface area contributed by atoms with Crippen LogP contribution in [0.5, 0.6) is 11.5 Å². The van der Waals surface area contributed by atoms with Crippen molar-refractivity contribution in [1.82, 2.24) is 4.90 Å². The van der Waals surface area contributed by atoms with Gasteiger partial charge in [0.2, 0.25) is 6.79 Å². The first kappa shape index (κ1) is 24.6. The Kier molecular flexibility index (Phi) is 5.73. The summed E-state index contributed by atoms with van der Waals surface area (Å²) in [5.74, 6) is 0.838. The van der Waals surface area contributed by atoms with Crippen LogP contribution in [0.1, 0.15) is 63.0 Å². The van der Waals surface area contributed by atoms with Crippen LogP contribution in [-0.2, 0) is 35.0 Å². The zero-order valence-corrected chi connectivity index (χ0v) is 22.0. The molecule has 9 heteroatoms. The molecular weight excluding hydrogens is 478 g/mol. The second kappa shape index (κ2) is 8.63. The van der Waals surface area contributed by atoms with Crippen LogP contribution < -0.4 is 9.47 Å². The molecule has 0 amide bonds. The van der Waals surface area contributed by atoms with E-state index in [1.165, 1.54) is 7.11 Å². The van der Waals surface area contributed by atoms with E-state index >= 15 is 0 Å². The van der Waals surface area contributed by atoms with E-state index in [1.54, 1.807) is 7.11 Å². The van der Waals surface area contributed by atoms with Crippen LogP contribution in [0.25, 0.3) is 0 Å². The second-order valence-electron chi connectivity index (χ2n) is 11.4. The number of hydrogen-bond donors (Lipinski definition) is 0. The van der Waals surface area contributed by atoms with Crippen LogP contribution in [0, 0.1) is 0 Å². The van der Waals surface area contributed by atoms with E-state index in [0.29, 0.717) is 24.4 Å². The van der Waals surface area contributed by atoms with Crippen molar-refractivity contribution in [1.29, 1.82) is 0 Å². The molecule has 4 heterocycles. The minimum Gasteiger partial charge on any atom is -0.497 e. The van der Waals surface area contributed by atoms with Gasteiger partial charge in [-0.05, 0) is 81.8 Å². The van der Waals surface area contributed by atoms with E-state index < -0.39 is 29.2 Å². The highest BCUT2D eigenvalue weighted by atomic mass is 16.7. The molecule has 0 bridgehead atoms. The van der Waals surface area contributed by atoms with Crippen molar-refractivity contribution in [2.75, 3.05) is 34.1 Å². The summed E-state index contributed by atoms with van der Waals surface area (Å²) in [7, 11) is 2.93. The van der Waals surface area contributed by atoms with Crippen molar-refractivity contribution >= 4 is 11.9 Å². The molecule has 1 aromatic carbocycles. The number of nitrogens with zero attached hydrogens (tertiary/aromatic N) is 1. The van der Waals surface area contributed by atoms with Gasteiger partial charge in [0.25, 0.3) is 0 Å². The summed E-state index contributed by atoms with van der Waals surface area (Å²) < 4.78 is 34.8. The summed E-state index contributed by atoms with van der Waals surface area (Å²) in [5.41, 5.74) is -0.0375. The van der Waals surface area contributed by atoms with Gasteiger partial charge in [0.05, 0.1) is 37.7 Å². The maximum atomic E-state index is 14.0. The van der Waals surface area contributed by atoms with Crippen molar-refractivity contribution in [2.45, 2.75) is 81.1 Å². The third-order valence-corrected chi connectivity index (χ3v) is 8.83. The molecule has 200 valence electrons. The molecule has 0 aromatic heterocycles. The van der Waals surface area contributed by atoms with Crippen molar-refractivity contribution in [3.8, 4) is 11.5 Å². The normalized spacial score (nSPS) is 33.1. The molecule has 1 aromatic rings. The average Bonchev–Trinajstić information content (AvgIpc) is 3.62. The van der Waals surface area contributed by atoms with Crippen molar-refractivity contribution in [2.24, 2.45) is 0 Å². The third kappa shape index (κ3) is 3.81. The SMILES string of the molecule is COC(=O)C[C@]1(C(=O)O[C@@H]2C(OC)=C[C@]34CCCN3CCc3cc5c(cc3[C@H]24)OCO5)CCC(C)(C)O1. The predicted molar refractivity (Wildman–Crippen MR) is 131 cm³/mol. The quantitative estimate of drug-likeness (QED) is 0.550. The first-order valence-electron chi connectivity index (χ1n) is 13.1. The fourth-order valence-electron chi connectivity index (χ4n) is 7.10. The number of esters is 2. The largest absolute Gasteiger partial charge is 0.497 e. The highest BCUT2D eigenvalue weighted by Gasteiger charge is 2.60. The number of carbonyl (C=O) groups excluding carboxylic acids is 2. The highest BCUT2D eigenvalue weighted by Crippen LogP contribution is 2.56. The molecule has 1 spiro atoms. The Labute approximate surface area is 217 Å². The standard InChI is InChI=1S/C28H35NO8/c1-26(2)8-9-28(37-26,15-22(30)33-4)25(31)36-24-21(32-3)14-27-7-5-10-29(27)11-6-17-12-19-20(35-16-34-19)13-18(17)23(24)27/h12-14,23-24H,5-11,15-16H2,1-4H3/t23-,24-,27+,28+/m1/s1. The Balaban J connectivity index is 1.41. The molecule has 2 fully saturated rings. The van der Waals surface area contributed by atoms with E-state index in [1.807, 2.05) is 13.8 Å². The molecule has 6 rings (SSSR count). The smallest absolute Gasteiger partial charge is 0.339 e. The summed E-state index contributed by atoms with van der Waals surface area (Å²) in [4.78, 5) is 28.8. The van der Waals surface area contributed by atoms with Gasteiger partial charge in [-0.3, -0.25) is 9.69 Å². The third-order valence-electron chi connectivity index (χ3n) is 8.83. The number of carbonyl (C=O) groups is 2. The minimum absolute atomic E-state index is 0.189. The number of benzene rings is 1. The molecule has 37 heavy (non-hydrogen) atoms. The van der Waals surface area contributed by atoms with E-state index in [9.17, 15) is 9.59 Å².